The average molecular weight is 316 g/mol. The Morgan fingerprint density at radius 3 is 2.65 bits per heavy atom. The molecule has 1 amide bonds. The molecule has 1 fully saturated rings. The van der Waals surface area contributed by atoms with E-state index in [1.165, 1.54) is 12.1 Å². The summed E-state index contributed by atoms with van der Waals surface area (Å²) in [6.07, 6.45) is 3.27. The normalized spacial score (nSPS) is 14.7. The lowest BCUT2D eigenvalue weighted by Crippen LogP contribution is -2.30. The monoisotopic (exact) mass is 316 g/mol. The Hall–Kier alpha value is -2.97. The van der Waals surface area contributed by atoms with E-state index in [0.717, 1.165) is 38.0 Å². The molecule has 0 saturated carbocycles. The van der Waals surface area contributed by atoms with Crippen LogP contribution in [0.1, 0.15) is 29.8 Å². The highest BCUT2D eigenvalue weighted by Crippen LogP contribution is 2.35. The number of anilines is 1. The average Bonchev–Trinajstić information content (AvgIpc) is 3.05. The lowest BCUT2D eigenvalue weighted by molar-refractivity contribution is -0.384. The van der Waals surface area contributed by atoms with Gasteiger partial charge in [0.05, 0.1) is 4.92 Å². The zero-order valence-electron chi connectivity index (χ0n) is 12.4. The molecule has 1 saturated heterocycles. The van der Waals surface area contributed by atoms with E-state index in [9.17, 15) is 14.9 Å². The summed E-state index contributed by atoms with van der Waals surface area (Å²) in [4.78, 5) is 24.3. The van der Waals surface area contributed by atoms with Gasteiger partial charge in [0.2, 0.25) is 0 Å². The molecule has 1 aliphatic rings. The van der Waals surface area contributed by atoms with Crippen molar-refractivity contribution in [3.63, 3.8) is 0 Å². The topological polar surface area (TPSA) is 131 Å². The fourth-order valence-electron chi connectivity index (χ4n) is 2.83. The Morgan fingerprint density at radius 2 is 2.00 bits per heavy atom. The molecule has 120 valence electrons. The first-order chi connectivity index (χ1) is 11.1. The van der Waals surface area contributed by atoms with Crippen molar-refractivity contribution in [3.8, 4) is 11.3 Å². The Morgan fingerprint density at radius 1 is 1.26 bits per heavy atom. The van der Waals surface area contributed by atoms with Gasteiger partial charge in [-0.05, 0) is 25.3 Å². The van der Waals surface area contributed by atoms with E-state index >= 15 is 0 Å². The van der Waals surface area contributed by atoms with Crippen LogP contribution in [0.4, 0.5) is 11.4 Å². The van der Waals surface area contributed by atoms with Crippen molar-refractivity contribution in [1.29, 1.82) is 0 Å². The number of carbonyl (C=O) groups excluding carboxylic acids is 1. The SMILES string of the molecule is NC(=O)c1n[nH]nc1-c1cc([N+](=O)[O-])ccc1N1CCCCC1. The van der Waals surface area contributed by atoms with E-state index in [2.05, 4.69) is 20.3 Å². The van der Waals surface area contributed by atoms with Crippen LogP contribution in [0.25, 0.3) is 11.3 Å². The second kappa shape index (κ2) is 6.03. The molecular weight excluding hydrogens is 300 g/mol. The van der Waals surface area contributed by atoms with Crippen molar-refractivity contribution in [2.24, 2.45) is 5.73 Å². The molecule has 2 heterocycles. The number of nitro groups is 1. The van der Waals surface area contributed by atoms with Crippen LogP contribution in [-0.2, 0) is 0 Å². The number of hydrogen-bond donors (Lipinski definition) is 2. The Kier molecular flexibility index (Phi) is 3.92. The van der Waals surface area contributed by atoms with Crippen molar-refractivity contribution < 1.29 is 9.72 Å². The number of amides is 1. The minimum atomic E-state index is -0.732. The molecule has 0 radical (unpaired) electrons. The molecular formula is C14H16N6O3. The summed E-state index contributed by atoms with van der Waals surface area (Å²) >= 11 is 0. The van der Waals surface area contributed by atoms with Crippen molar-refractivity contribution in [2.45, 2.75) is 19.3 Å². The number of non-ortho nitro benzene ring substituents is 1. The number of aromatic nitrogens is 3. The van der Waals surface area contributed by atoms with Gasteiger partial charge in [0.25, 0.3) is 11.6 Å². The van der Waals surface area contributed by atoms with Gasteiger partial charge in [-0.2, -0.15) is 15.4 Å². The summed E-state index contributed by atoms with van der Waals surface area (Å²) in [5, 5.41) is 21.2. The Balaban J connectivity index is 2.14. The first-order valence-corrected chi connectivity index (χ1v) is 7.32. The number of aromatic amines is 1. The molecule has 3 N–H and O–H groups in total. The molecule has 9 nitrogen and oxygen atoms in total. The van der Waals surface area contributed by atoms with Crippen LogP contribution in [0.5, 0.6) is 0 Å². The summed E-state index contributed by atoms with van der Waals surface area (Å²) in [7, 11) is 0. The maximum Gasteiger partial charge on any atom is 0.271 e. The fraction of sp³-hybridized carbons (Fsp3) is 0.357. The van der Waals surface area contributed by atoms with E-state index in [4.69, 9.17) is 5.73 Å². The summed E-state index contributed by atoms with van der Waals surface area (Å²) in [6.45, 7) is 1.71. The number of H-pyrrole nitrogens is 1. The van der Waals surface area contributed by atoms with Gasteiger partial charge >= 0.3 is 0 Å². The fourth-order valence-corrected chi connectivity index (χ4v) is 2.83. The minimum absolute atomic E-state index is 0.0243. The second-order valence-electron chi connectivity index (χ2n) is 5.39. The number of benzene rings is 1. The number of primary amides is 1. The highest BCUT2D eigenvalue weighted by molar-refractivity contribution is 5.98. The van der Waals surface area contributed by atoms with E-state index < -0.39 is 10.8 Å². The molecule has 9 heteroatoms. The number of carbonyl (C=O) groups is 1. The zero-order chi connectivity index (χ0) is 16.4. The van der Waals surface area contributed by atoms with Gasteiger partial charge in [-0.25, -0.2) is 0 Å². The standard InChI is InChI=1S/C14H16N6O3/c15-14(21)13-12(16-18-17-13)10-8-9(20(22)23)4-5-11(10)19-6-2-1-3-7-19/h4-5,8H,1-3,6-7H2,(H2,15,21)(H,16,17,18). The molecule has 0 atom stereocenters. The van der Waals surface area contributed by atoms with Crippen LogP contribution in [0, 0.1) is 10.1 Å². The summed E-state index contributed by atoms with van der Waals surface area (Å²) in [6, 6.07) is 4.56. The predicted octanol–water partition coefficient (Wildman–Crippen LogP) is 1.47. The van der Waals surface area contributed by atoms with E-state index in [1.54, 1.807) is 6.07 Å². The third-order valence-corrected chi connectivity index (χ3v) is 3.92. The number of nitro benzene ring substituents is 1. The molecule has 0 unspecified atom stereocenters. The van der Waals surface area contributed by atoms with Crippen LogP contribution in [0.2, 0.25) is 0 Å². The lowest BCUT2D eigenvalue weighted by Gasteiger charge is -2.30. The quantitative estimate of drug-likeness (QED) is 0.648. The first-order valence-electron chi connectivity index (χ1n) is 7.32. The van der Waals surface area contributed by atoms with Crippen LogP contribution in [0.15, 0.2) is 18.2 Å². The molecule has 0 aliphatic carbocycles. The van der Waals surface area contributed by atoms with E-state index in [-0.39, 0.29) is 17.1 Å². The number of nitrogens with zero attached hydrogens (tertiary/aromatic N) is 4. The van der Waals surface area contributed by atoms with Crippen molar-refractivity contribution in [1.82, 2.24) is 15.4 Å². The molecule has 1 aromatic carbocycles. The smallest absolute Gasteiger partial charge is 0.271 e. The third kappa shape index (κ3) is 2.85. The summed E-state index contributed by atoms with van der Waals surface area (Å²) < 4.78 is 0. The van der Waals surface area contributed by atoms with Gasteiger partial charge in [0, 0.05) is 36.5 Å². The molecule has 0 bridgehead atoms. The van der Waals surface area contributed by atoms with Crippen molar-refractivity contribution in [3.05, 3.63) is 34.0 Å². The molecule has 1 aliphatic heterocycles. The van der Waals surface area contributed by atoms with Crippen LogP contribution in [0.3, 0.4) is 0 Å². The third-order valence-electron chi connectivity index (χ3n) is 3.92. The summed E-state index contributed by atoms with van der Waals surface area (Å²) in [5.41, 5.74) is 6.74. The maximum absolute atomic E-state index is 11.5. The van der Waals surface area contributed by atoms with Gasteiger partial charge in [-0.1, -0.05) is 0 Å². The van der Waals surface area contributed by atoms with Crippen LogP contribution < -0.4 is 10.6 Å². The van der Waals surface area contributed by atoms with Crippen LogP contribution in [-0.4, -0.2) is 39.3 Å². The molecule has 1 aromatic heterocycles. The van der Waals surface area contributed by atoms with Crippen molar-refractivity contribution >= 4 is 17.3 Å². The van der Waals surface area contributed by atoms with E-state index in [1.807, 2.05) is 0 Å². The zero-order valence-corrected chi connectivity index (χ0v) is 12.4. The highest BCUT2D eigenvalue weighted by atomic mass is 16.6. The maximum atomic E-state index is 11.5. The van der Waals surface area contributed by atoms with E-state index in [0.29, 0.717) is 5.56 Å². The lowest BCUT2D eigenvalue weighted by atomic mass is 10.0. The van der Waals surface area contributed by atoms with Gasteiger partial charge in [0.15, 0.2) is 5.69 Å². The first kappa shape index (κ1) is 14.9. The Labute approximate surface area is 131 Å². The summed E-state index contributed by atoms with van der Waals surface area (Å²) in [5.74, 6) is -0.732. The minimum Gasteiger partial charge on any atom is -0.371 e. The molecule has 2 aromatic rings. The van der Waals surface area contributed by atoms with Gasteiger partial charge in [-0.3, -0.25) is 14.9 Å². The van der Waals surface area contributed by atoms with Crippen LogP contribution >= 0.6 is 0 Å². The van der Waals surface area contributed by atoms with Crippen molar-refractivity contribution in [2.75, 3.05) is 18.0 Å². The molecule has 0 spiro atoms. The molecule has 23 heavy (non-hydrogen) atoms. The number of rotatable bonds is 4. The highest BCUT2D eigenvalue weighted by Gasteiger charge is 2.24. The number of nitrogens with two attached hydrogens (primary N) is 1. The Bertz CT molecular complexity index is 751. The number of nitrogens with one attached hydrogen (secondary N) is 1. The largest absolute Gasteiger partial charge is 0.371 e. The molecule has 3 rings (SSSR count). The van der Waals surface area contributed by atoms with Gasteiger partial charge in [0.1, 0.15) is 5.69 Å². The number of hydrogen-bond acceptors (Lipinski definition) is 6. The van der Waals surface area contributed by atoms with Gasteiger partial charge in [-0.15, -0.1) is 0 Å². The number of piperidine rings is 1. The predicted molar refractivity (Wildman–Crippen MR) is 83.1 cm³/mol. The second-order valence-corrected chi connectivity index (χ2v) is 5.39. The van der Waals surface area contributed by atoms with Gasteiger partial charge < -0.3 is 10.6 Å².